The maximum atomic E-state index is 11.9. The van der Waals surface area contributed by atoms with Crippen molar-refractivity contribution in [2.75, 3.05) is 7.11 Å². The lowest BCUT2D eigenvalue weighted by Crippen LogP contribution is -2.07. The van der Waals surface area contributed by atoms with Crippen molar-refractivity contribution in [1.29, 1.82) is 0 Å². The molecule has 0 atom stereocenters. The van der Waals surface area contributed by atoms with Crippen molar-refractivity contribution in [3.63, 3.8) is 0 Å². The molecule has 0 amide bonds. The van der Waals surface area contributed by atoms with E-state index in [1.54, 1.807) is 31.2 Å². The molecule has 0 heterocycles. The van der Waals surface area contributed by atoms with Gasteiger partial charge >= 0.3 is 5.97 Å². The van der Waals surface area contributed by atoms with Crippen LogP contribution in [0, 0.1) is 17.0 Å². The van der Waals surface area contributed by atoms with Gasteiger partial charge in [-0.15, -0.1) is 0 Å². The van der Waals surface area contributed by atoms with Crippen LogP contribution >= 0.6 is 0 Å². The molecule has 0 saturated carbocycles. The second kappa shape index (κ2) is 5.62. The third-order valence-electron chi connectivity index (χ3n) is 3.16. The SMILES string of the molecule is COC(=O)c1c(O)ccc([N+](=O)[O-])c1-c1ccccc1C. The second-order valence-electron chi connectivity index (χ2n) is 4.42. The van der Waals surface area contributed by atoms with E-state index in [0.717, 1.165) is 18.7 Å². The average molecular weight is 287 g/mol. The fourth-order valence-corrected chi connectivity index (χ4v) is 2.17. The smallest absolute Gasteiger partial charge is 0.342 e. The van der Waals surface area contributed by atoms with Gasteiger partial charge in [0.25, 0.3) is 5.69 Å². The number of carbonyl (C=O) groups excluding carboxylic acids is 1. The number of nitro groups is 1. The van der Waals surface area contributed by atoms with Crippen LogP contribution < -0.4 is 0 Å². The van der Waals surface area contributed by atoms with Crippen LogP contribution in [-0.2, 0) is 4.74 Å². The summed E-state index contributed by atoms with van der Waals surface area (Å²) in [5.41, 5.74) is 0.838. The number of hydrogen-bond donors (Lipinski definition) is 1. The number of hydrogen-bond acceptors (Lipinski definition) is 5. The Bertz CT molecular complexity index is 724. The first-order valence-electron chi connectivity index (χ1n) is 6.12. The van der Waals surface area contributed by atoms with Gasteiger partial charge in [0, 0.05) is 6.07 Å². The van der Waals surface area contributed by atoms with Gasteiger partial charge in [-0.05, 0) is 24.1 Å². The number of aromatic hydroxyl groups is 1. The number of nitrogens with zero attached hydrogens (tertiary/aromatic N) is 1. The number of carbonyl (C=O) groups is 1. The summed E-state index contributed by atoms with van der Waals surface area (Å²) in [5.74, 6) is -1.18. The summed E-state index contributed by atoms with van der Waals surface area (Å²) in [6.45, 7) is 1.77. The minimum atomic E-state index is -0.825. The molecule has 1 N–H and O–H groups in total. The van der Waals surface area contributed by atoms with Gasteiger partial charge in [0.1, 0.15) is 11.3 Å². The van der Waals surface area contributed by atoms with Gasteiger partial charge in [0.15, 0.2) is 0 Å². The molecule has 21 heavy (non-hydrogen) atoms. The summed E-state index contributed by atoms with van der Waals surface area (Å²) in [4.78, 5) is 22.6. The normalized spacial score (nSPS) is 10.2. The van der Waals surface area contributed by atoms with Crippen molar-refractivity contribution in [1.82, 2.24) is 0 Å². The molecule has 0 aromatic heterocycles. The molecular formula is C15H13NO5. The van der Waals surface area contributed by atoms with E-state index < -0.39 is 10.9 Å². The van der Waals surface area contributed by atoms with E-state index in [-0.39, 0.29) is 22.6 Å². The Balaban J connectivity index is 2.89. The predicted octanol–water partition coefficient (Wildman–Crippen LogP) is 3.06. The molecule has 0 aliphatic heterocycles. The molecule has 108 valence electrons. The highest BCUT2D eigenvalue weighted by atomic mass is 16.6. The monoisotopic (exact) mass is 287 g/mol. The maximum absolute atomic E-state index is 11.9. The maximum Gasteiger partial charge on any atom is 0.342 e. The lowest BCUT2D eigenvalue weighted by Gasteiger charge is -2.12. The van der Waals surface area contributed by atoms with Crippen molar-refractivity contribution in [2.24, 2.45) is 0 Å². The van der Waals surface area contributed by atoms with Crippen LogP contribution in [0.25, 0.3) is 11.1 Å². The van der Waals surface area contributed by atoms with Crippen molar-refractivity contribution < 1.29 is 19.6 Å². The highest BCUT2D eigenvalue weighted by Crippen LogP contribution is 2.39. The van der Waals surface area contributed by atoms with Crippen LogP contribution in [-0.4, -0.2) is 23.1 Å². The Kier molecular flexibility index (Phi) is 3.89. The molecule has 0 radical (unpaired) electrons. The first kappa shape index (κ1) is 14.5. The Hall–Kier alpha value is -2.89. The number of phenolic OH excluding ortho intramolecular Hbond substituents is 1. The Morgan fingerprint density at radius 1 is 1.24 bits per heavy atom. The molecule has 2 aromatic rings. The molecule has 0 saturated heterocycles. The Labute approximate surface area is 120 Å². The van der Waals surface area contributed by atoms with Crippen molar-refractivity contribution in [2.45, 2.75) is 6.92 Å². The Morgan fingerprint density at radius 2 is 1.90 bits per heavy atom. The van der Waals surface area contributed by atoms with Gasteiger partial charge < -0.3 is 9.84 Å². The second-order valence-corrected chi connectivity index (χ2v) is 4.42. The molecule has 0 bridgehead atoms. The van der Waals surface area contributed by atoms with Gasteiger partial charge in [0.2, 0.25) is 0 Å². The van der Waals surface area contributed by atoms with E-state index in [2.05, 4.69) is 4.74 Å². The number of phenols is 1. The number of aryl methyl sites for hydroxylation is 1. The Morgan fingerprint density at radius 3 is 2.48 bits per heavy atom. The summed E-state index contributed by atoms with van der Waals surface area (Å²) in [5, 5.41) is 21.2. The van der Waals surface area contributed by atoms with E-state index in [0.29, 0.717) is 5.56 Å². The average Bonchev–Trinajstić information content (AvgIpc) is 2.46. The molecule has 6 nitrogen and oxygen atoms in total. The fourth-order valence-electron chi connectivity index (χ4n) is 2.17. The lowest BCUT2D eigenvalue weighted by molar-refractivity contribution is -0.384. The zero-order valence-electron chi connectivity index (χ0n) is 11.5. The van der Waals surface area contributed by atoms with E-state index in [9.17, 15) is 20.0 Å². The largest absolute Gasteiger partial charge is 0.507 e. The molecule has 0 spiro atoms. The van der Waals surface area contributed by atoms with Crippen molar-refractivity contribution in [3.8, 4) is 16.9 Å². The molecule has 6 heteroatoms. The topological polar surface area (TPSA) is 89.7 Å². The molecule has 0 fully saturated rings. The molecular weight excluding hydrogens is 274 g/mol. The van der Waals surface area contributed by atoms with Crippen LogP contribution in [0.1, 0.15) is 15.9 Å². The zero-order valence-corrected chi connectivity index (χ0v) is 11.5. The van der Waals surface area contributed by atoms with E-state index >= 15 is 0 Å². The van der Waals surface area contributed by atoms with Crippen molar-refractivity contribution in [3.05, 3.63) is 57.6 Å². The number of rotatable bonds is 3. The van der Waals surface area contributed by atoms with E-state index in [1.807, 2.05) is 0 Å². The zero-order chi connectivity index (χ0) is 15.6. The van der Waals surface area contributed by atoms with Gasteiger partial charge in [-0.3, -0.25) is 10.1 Å². The van der Waals surface area contributed by atoms with Crippen LogP contribution in [0.3, 0.4) is 0 Å². The minimum Gasteiger partial charge on any atom is -0.507 e. The lowest BCUT2D eigenvalue weighted by atomic mass is 9.93. The number of benzene rings is 2. The van der Waals surface area contributed by atoms with Crippen molar-refractivity contribution >= 4 is 11.7 Å². The highest BCUT2D eigenvalue weighted by Gasteiger charge is 2.27. The molecule has 2 rings (SSSR count). The summed E-state index contributed by atoms with van der Waals surface area (Å²) >= 11 is 0. The fraction of sp³-hybridized carbons (Fsp3) is 0.133. The summed E-state index contributed by atoms with van der Waals surface area (Å²) in [6.07, 6.45) is 0. The minimum absolute atomic E-state index is 0.0601. The van der Waals surface area contributed by atoms with Gasteiger partial charge in [0.05, 0.1) is 17.6 Å². The summed E-state index contributed by atoms with van der Waals surface area (Å²) in [7, 11) is 1.15. The van der Waals surface area contributed by atoms with Crippen LogP contribution in [0.2, 0.25) is 0 Å². The number of esters is 1. The third kappa shape index (κ3) is 2.55. The third-order valence-corrected chi connectivity index (χ3v) is 3.16. The van der Waals surface area contributed by atoms with Gasteiger partial charge in [-0.2, -0.15) is 0 Å². The van der Waals surface area contributed by atoms with E-state index in [1.165, 1.54) is 6.07 Å². The van der Waals surface area contributed by atoms with Gasteiger partial charge in [-0.25, -0.2) is 4.79 Å². The van der Waals surface area contributed by atoms with E-state index in [4.69, 9.17) is 0 Å². The molecule has 2 aromatic carbocycles. The summed E-state index contributed by atoms with van der Waals surface area (Å²) in [6, 6.07) is 9.20. The number of methoxy groups -OCH3 is 1. The predicted molar refractivity (Wildman–Crippen MR) is 76.3 cm³/mol. The quantitative estimate of drug-likeness (QED) is 0.532. The molecule has 0 aliphatic carbocycles. The first-order valence-corrected chi connectivity index (χ1v) is 6.12. The van der Waals surface area contributed by atoms with Crippen LogP contribution in [0.15, 0.2) is 36.4 Å². The molecule has 0 aliphatic rings. The van der Waals surface area contributed by atoms with Crippen LogP contribution in [0.5, 0.6) is 5.75 Å². The molecule has 0 unspecified atom stereocenters. The summed E-state index contributed by atoms with van der Waals surface area (Å²) < 4.78 is 4.63. The number of ether oxygens (including phenoxy) is 1. The standard InChI is InChI=1S/C15H13NO5/c1-9-5-3-4-6-10(9)13-11(16(19)20)7-8-12(17)14(13)15(18)21-2/h3-8,17H,1-2H3. The first-order chi connectivity index (χ1) is 9.97. The van der Waals surface area contributed by atoms with Gasteiger partial charge in [-0.1, -0.05) is 24.3 Å². The number of nitro benzene ring substituents is 1. The van der Waals surface area contributed by atoms with Crippen LogP contribution in [0.4, 0.5) is 5.69 Å². The highest BCUT2D eigenvalue weighted by molar-refractivity contribution is 6.03.